The summed E-state index contributed by atoms with van der Waals surface area (Å²) < 4.78 is 13.4. The van der Waals surface area contributed by atoms with E-state index in [0.29, 0.717) is 0 Å². The zero-order valence-corrected chi connectivity index (χ0v) is 7.96. The van der Waals surface area contributed by atoms with Gasteiger partial charge in [0.15, 0.2) is 0 Å². The molecule has 0 saturated heterocycles. The molecule has 1 aromatic rings. The van der Waals surface area contributed by atoms with Crippen LogP contribution < -0.4 is 0 Å². The van der Waals surface area contributed by atoms with E-state index in [4.69, 9.17) is 0 Å². The summed E-state index contributed by atoms with van der Waals surface area (Å²) in [5.74, 6) is 0. The summed E-state index contributed by atoms with van der Waals surface area (Å²) in [7, 11) is 0. The first-order valence-corrected chi connectivity index (χ1v) is 4.69. The molecule has 0 unspecified atom stereocenters. The highest BCUT2D eigenvalue weighted by Gasteiger charge is 2.22. The Kier molecular flexibility index (Phi) is 2.33. The van der Waals surface area contributed by atoms with Crippen LogP contribution in [0.4, 0.5) is 4.39 Å². The SMILES string of the molecule is CCc1ccsc1C(C)(C)F. The summed E-state index contributed by atoms with van der Waals surface area (Å²) in [5.41, 5.74) is -0.0259. The molecule has 0 saturated carbocycles. The lowest BCUT2D eigenvalue weighted by molar-refractivity contribution is 0.225. The maximum atomic E-state index is 13.4. The standard InChI is InChI=1S/C9H13FS/c1-4-7-5-6-11-8(7)9(2,3)10/h5-6H,4H2,1-3H3. The molecule has 1 rings (SSSR count). The Balaban J connectivity index is 3.02. The molecule has 0 aliphatic rings. The topological polar surface area (TPSA) is 0 Å². The molecule has 0 nitrogen and oxygen atoms in total. The summed E-state index contributed by atoms with van der Waals surface area (Å²) in [5, 5.41) is 1.95. The maximum absolute atomic E-state index is 13.4. The van der Waals surface area contributed by atoms with Crippen LogP contribution in [0.1, 0.15) is 31.2 Å². The van der Waals surface area contributed by atoms with E-state index in [2.05, 4.69) is 6.92 Å². The van der Waals surface area contributed by atoms with Gasteiger partial charge in [-0.25, -0.2) is 4.39 Å². The number of alkyl halides is 1. The maximum Gasteiger partial charge on any atom is 0.139 e. The van der Waals surface area contributed by atoms with E-state index in [1.807, 2.05) is 11.4 Å². The second kappa shape index (κ2) is 2.94. The third kappa shape index (κ3) is 1.80. The highest BCUT2D eigenvalue weighted by Crippen LogP contribution is 2.32. The van der Waals surface area contributed by atoms with Crippen LogP contribution in [-0.2, 0) is 12.1 Å². The fraction of sp³-hybridized carbons (Fsp3) is 0.556. The normalized spacial score (nSPS) is 12.0. The average Bonchev–Trinajstić information content (AvgIpc) is 2.31. The van der Waals surface area contributed by atoms with Gasteiger partial charge in [0, 0.05) is 4.88 Å². The molecular weight excluding hydrogens is 159 g/mol. The van der Waals surface area contributed by atoms with Gasteiger partial charge in [0.05, 0.1) is 0 Å². The van der Waals surface area contributed by atoms with Crippen LogP contribution in [0.5, 0.6) is 0 Å². The van der Waals surface area contributed by atoms with Gasteiger partial charge in [-0.1, -0.05) is 6.92 Å². The van der Waals surface area contributed by atoms with Crippen molar-refractivity contribution >= 4 is 11.3 Å². The molecule has 0 aliphatic carbocycles. The minimum absolute atomic E-state index is 0.875. The van der Waals surface area contributed by atoms with Gasteiger partial charge in [-0.15, -0.1) is 11.3 Å². The molecule has 0 radical (unpaired) electrons. The van der Waals surface area contributed by atoms with Gasteiger partial charge in [-0.05, 0) is 37.3 Å². The third-order valence-corrected chi connectivity index (χ3v) is 2.92. The molecule has 0 fully saturated rings. The minimum atomic E-state index is -1.17. The smallest absolute Gasteiger partial charge is 0.139 e. The van der Waals surface area contributed by atoms with Crippen LogP contribution in [0.2, 0.25) is 0 Å². The van der Waals surface area contributed by atoms with Crippen LogP contribution in [0.3, 0.4) is 0 Å². The monoisotopic (exact) mass is 172 g/mol. The van der Waals surface area contributed by atoms with Crippen molar-refractivity contribution in [1.82, 2.24) is 0 Å². The predicted molar refractivity (Wildman–Crippen MR) is 47.8 cm³/mol. The fourth-order valence-corrected chi connectivity index (χ4v) is 2.15. The first-order valence-electron chi connectivity index (χ1n) is 3.81. The van der Waals surface area contributed by atoms with E-state index < -0.39 is 5.67 Å². The van der Waals surface area contributed by atoms with Gasteiger partial charge in [-0.2, -0.15) is 0 Å². The van der Waals surface area contributed by atoms with Crippen LogP contribution in [0, 0.1) is 0 Å². The number of rotatable bonds is 2. The van der Waals surface area contributed by atoms with E-state index in [-0.39, 0.29) is 0 Å². The molecule has 11 heavy (non-hydrogen) atoms. The van der Waals surface area contributed by atoms with Gasteiger partial charge in [-0.3, -0.25) is 0 Å². The first-order chi connectivity index (χ1) is 5.05. The Labute approximate surface area is 71.1 Å². The summed E-state index contributed by atoms with van der Waals surface area (Å²) in [4.78, 5) is 0.875. The molecule has 0 bridgehead atoms. The fourth-order valence-electron chi connectivity index (χ4n) is 1.14. The van der Waals surface area contributed by atoms with Crippen LogP contribution >= 0.6 is 11.3 Å². The lowest BCUT2D eigenvalue weighted by Crippen LogP contribution is -2.08. The van der Waals surface area contributed by atoms with Crippen LogP contribution in [-0.4, -0.2) is 0 Å². The average molecular weight is 172 g/mol. The lowest BCUT2D eigenvalue weighted by atomic mass is 10.0. The quantitative estimate of drug-likeness (QED) is 0.640. The number of halogens is 1. The van der Waals surface area contributed by atoms with E-state index in [1.165, 1.54) is 11.3 Å². The minimum Gasteiger partial charge on any atom is -0.238 e. The predicted octanol–water partition coefficient (Wildman–Crippen LogP) is 3.52. The van der Waals surface area contributed by atoms with Crippen molar-refractivity contribution in [2.24, 2.45) is 0 Å². The second-order valence-electron chi connectivity index (χ2n) is 3.10. The van der Waals surface area contributed by atoms with Gasteiger partial charge in [0.2, 0.25) is 0 Å². The third-order valence-electron chi connectivity index (χ3n) is 1.67. The molecule has 1 heterocycles. The molecule has 0 atom stereocenters. The van der Waals surface area contributed by atoms with Crippen molar-refractivity contribution in [3.8, 4) is 0 Å². The van der Waals surface area contributed by atoms with E-state index in [9.17, 15) is 4.39 Å². The molecule has 62 valence electrons. The van der Waals surface area contributed by atoms with Crippen molar-refractivity contribution in [2.75, 3.05) is 0 Å². The largest absolute Gasteiger partial charge is 0.238 e. The number of hydrogen-bond acceptors (Lipinski definition) is 1. The Hall–Kier alpha value is -0.370. The van der Waals surface area contributed by atoms with Crippen molar-refractivity contribution < 1.29 is 4.39 Å². The van der Waals surface area contributed by atoms with Gasteiger partial charge >= 0.3 is 0 Å². The summed E-state index contributed by atoms with van der Waals surface area (Å²) in [6.45, 7) is 5.27. The Morgan fingerprint density at radius 2 is 2.18 bits per heavy atom. The van der Waals surface area contributed by atoms with E-state index in [0.717, 1.165) is 16.9 Å². The molecule has 0 spiro atoms. The molecule has 0 aliphatic heterocycles. The molecule has 1 aromatic heterocycles. The zero-order chi connectivity index (χ0) is 8.48. The highest BCUT2D eigenvalue weighted by molar-refractivity contribution is 7.10. The van der Waals surface area contributed by atoms with Crippen LogP contribution in [0.15, 0.2) is 11.4 Å². The van der Waals surface area contributed by atoms with Crippen molar-refractivity contribution in [1.29, 1.82) is 0 Å². The summed E-state index contributed by atoms with van der Waals surface area (Å²) in [6, 6.07) is 2.00. The van der Waals surface area contributed by atoms with E-state index >= 15 is 0 Å². The Bertz CT molecular complexity index is 232. The molecular formula is C9H13FS. The van der Waals surface area contributed by atoms with Crippen molar-refractivity contribution in [3.63, 3.8) is 0 Å². The van der Waals surface area contributed by atoms with E-state index in [1.54, 1.807) is 13.8 Å². The van der Waals surface area contributed by atoms with Crippen LogP contribution in [0.25, 0.3) is 0 Å². The molecule has 2 heteroatoms. The summed E-state index contributed by atoms with van der Waals surface area (Å²) in [6.07, 6.45) is 0.923. The zero-order valence-electron chi connectivity index (χ0n) is 7.15. The van der Waals surface area contributed by atoms with Gasteiger partial charge < -0.3 is 0 Å². The second-order valence-corrected chi connectivity index (χ2v) is 4.02. The van der Waals surface area contributed by atoms with Crippen molar-refractivity contribution in [2.45, 2.75) is 32.9 Å². The van der Waals surface area contributed by atoms with Gasteiger partial charge in [0.1, 0.15) is 5.67 Å². The lowest BCUT2D eigenvalue weighted by Gasteiger charge is -2.13. The number of aryl methyl sites for hydroxylation is 1. The first kappa shape index (κ1) is 8.72. The number of thiophene rings is 1. The Morgan fingerprint density at radius 3 is 2.55 bits per heavy atom. The van der Waals surface area contributed by atoms with Gasteiger partial charge in [0.25, 0.3) is 0 Å². The molecule has 0 N–H and O–H groups in total. The number of hydrogen-bond donors (Lipinski definition) is 0. The van der Waals surface area contributed by atoms with Crippen molar-refractivity contribution in [3.05, 3.63) is 21.9 Å². The summed E-state index contributed by atoms with van der Waals surface area (Å²) >= 11 is 1.51. The molecule has 0 amide bonds. The highest BCUT2D eigenvalue weighted by atomic mass is 32.1. The Morgan fingerprint density at radius 1 is 1.55 bits per heavy atom. The molecule has 0 aromatic carbocycles.